The molecule has 27 heavy (non-hydrogen) atoms. The van der Waals surface area contributed by atoms with E-state index in [0.717, 1.165) is 28.9 Å². The minimum Gasteiger partial charge on any atom is -0.377 e. The molecular weight excluding hydrogens is 334 g/mol. The van der Waals surface area contributed by atoms with Crippen LogP contribution in [-0.4, -0.2) is 10.9 Å². The molecule has 1 heterocycles. The summed E-state index contributed by atoms with van der Waals surface area (Å²) in [6.45, 7) is 6.18. The summed E-state index contributed by atoms with van der Waals surface area (Å²) in [4.78, 5) is 17.0. The highest BCUT2D eigenvalue weighted by atomic mass is 16.1. The number of benzene rings is 2. The minimum absolute atomic E-state index is 0.120. The van der Waals surface area contributed by atoms with E-state index in [2.05, 4.69) is 41.6 Å². The number of pyridine rings is 1. The Bertz CT molecular complexity index is 922. The van der Waals surface area contributed by atoms with Crippen LogP contribution in [0.4, 0.5) is 11.4 Å². The van der Waals surface area contributed by atoms with Crippen molar-refractivity contribution in [3.05, 3.63) is 89.2 Å². The molecule has 0 radical (unpaired) electrons. The quantitative estimate of drug-likeness (QED) is 0.621. The molecule has 1 aromatic heterocycles. The molecular formula is C23H25N3O. The highest BCUT2D eigenvalue weighted by molar-refractivity contribution is 6.05. The van der Waals surface area contributed by atoms with Gasteiger partial charge in [-0.2, -0.15) is 0 Å². The van der Waals surface area contributed by atoms with Crippen LogP contribution in [0.5, 0.6) is 0 Å². The van der Waals surface area contributed by atoms with E-state index in [1.54, 1.807) is 12.4 Å². The maximum atomic E-state index is 12.8. The first-order valence-corrected chi connectivity index (χ1v) is 9.25. The zero-order valence-corrected chi connectivity index (χ0v) is 16.0. The number of rotatable bonds is 6. The summed E-state index contributed by atoms with van der Waals surface area (Å²) in [6.07, 6.45) is 4.20. The van der Waals surface area contributed by atoms with E-state index in [4.69, 9.17) is 0 Å². The van der Waals surface area contributed by atoms with Gasteiger partial charge in [0.1, 0.15) is 0 Å². The SMILES string of the molecule is CCc1cccc(C)c1NC(=O)c1cncc(NC(C)c2ccccc2)c1. The fourth-order valence-electron chi connectivity index (χ4n) is 3.11. The van der Waals surface area contributed by atoms with E-state index in [1.807, 2.05) is 49.4 Å². The summed E-state index contributed by atoms with van der Waals surface area (Å²) in [7, 11) is 0. The fraction of sp³-hybridized carbons (Fsp3) is 0.217. The summed E-state index contributed by atoms with van der Waals surface area (Å²) in [5.74, 6) is -0.150. The van der Waals surface area contributed by atoms with E-state index >= 15 is 0 Å². The lowest BCUT2D eigenvalue weighted by Crippen LogP contribution is -2.15. The zero-order valence-electron chi connectivity index (χ0n) is 16.0. The van der Waals surface area contributed by atoms with Crippen LogP contribution < -0.4 is 10.6 Å². The zero-order chi connectivity index (χ0) is 19.2. The number of hydrogen-bond acceptors (Lipinski definition) is 3. The Kier molecular flexibility index (Phi) is 5.87. The Balaban J connectivity index is 1.76. The van der Waals surface area contributed by atoms with Crippen molar-refractivity contribution in [3.8, 4) is 0 Å². The summed E-state index contributed by atoms with van der Waals surface area (Å²) < 4.78 is 0. The van der Waals surface area contributed by atoms with Gasteiger partial charge in [-0.05, 0) is 43.0 Å². The second-order valence-electron chi connectivity index (χ2n) is 6.66. The molecule has 4 heteroatoms. The third-order valence-corrected chi connectivity index (χ3v) is 4.66. The van der Waals surface area contributed by atoms with Gasteiger partial charge in [-0.15, -0.1) is 0 Å². The van der Waals surface area contributed by atoms with Gasteiger partial charge in [0.05, 0.1) is 11.3 Å². The molecule has 0 bridgehead atoms. The molecule has 1 amide bonds. The van der Waals surface area contributed by atoms with Crippen molar-refractivity contribution in [3.63, 3.8) is 0 Å². The van der Waals surface area contributed by atoms with Gasteiger partial charge >= 0.3 is 0 Å². The van der Waals surface area contributed by atoms with Crippen molar-refractivity contribution in [2.75, 3.05) is 10.6 Å². The van der Waals surface area contributed by atoms with Crippen LogP contribution in [0.25, 0.3) is 0 Å². The van der Waals surface area contributed by atoms with Crippen molar-refractivity contribution in [1.82, 2.24) is 4.98 Å². The Morgan fingerprint density at radius 3 is 2.59 bits per heavy atom. The molecule has 138 valence electrons. The molecule has 0 aliphatic rings. The lowest BCUT2D eigenvalue weighted by Gasteiger charge is -2.16. The predicted molar refractivity (Wildman–Crippen MR) is 111 cm³/mol. The molecule has 2 aromatic carbocycles. The first-order valence-electron chi connectivity index (χ1n) is 9.25. The van der Waals surface area contributed by atoms with Crippen LogP contribution in [0.3, 0.4) is 0 Å². The van der Waals surface area contributed by atoms with Gasteiger partial charge in [-0.25, -0.2) is 0 Å². The average molecular weight is 359 g/mol. The van der Waals surface area contributed by atoms with Crippen molar-refractivity contribution in [1.29, 1.82) is 0 Å². The second kappa shape index (κ2) is 8.49. The normalized spacial score (nSPS) is 11.7. The molecule has 0 saturated carbocycles. The maximum absolute atomic E-state index is 12.8. The Labute approximate surface area is 160 Å². The van der Waals surface area contributed by atoms with Crippen LogP contribution in [0, 0.1) is 6.92 Å². The topological polar surface area (TPSA) is 54.0 Å². The number of anilines is 2. The van der Waals surface area contributed by atoms with E-state index in [9.17, 15) is 4.79 Å². The third-order valence-electron chi connectivity index (χ3n) is 4.66. The number of aromatic nitrogens is 1. The average Bonchev–Trinajstić information content (AvgIpc) is 2.70. The maximum Gasteiger partial charge on any atom is 0.257 e. The van der Waals surface area contributed by atoms with E-state index in [-0.39, 0.29) is 11.9 Å². The van der Waals surface area contributed by atoms with Crippen LogP contribution in [0.1, 0.15) is 46.9 Å². The number of carbonyl (C=O) groups is 1. The first kappa shape index (κ1) is 18.6. The summed E-state index contributed by atoms with van der Waals surface area (Å²) in [5.41, 5.74) is 5.61. The molecule has 0 fully saturated rings. The van der Waals surface area contributed by atoms with Gasteiger partial charge in [0.15, 0.2) is 0 Å². The lowest BCUT2D eigenvalue weighted by molar-refractivity contribution is 0.102. The van der Waals surface area contributed by atoms with Gasteiger partial charge < -0.3 is 10.6 Å². The number of amides is 1. The van der Waals surface area contributed by atoms with Gasteiger partial charge in [-0.1, -0.05) is 55.5 Å². The van der Waals surface area contributed by atoms with Crippen LogP contribution in [0.2, 0.25) is 0 Å². The Morgan fingerprint density at radius 2 is 1.85 bits per heavy atom. The smallest absolute Gasteiger partial charge is 0.257 e. The molecule has 3 aromatic rings. The molecule has 4 nitrogen and oxygen atoms in total. The lowest BCUT2D eigenvalue weighted by atomic mass is 10.1. The van der Waals surface area contributed by atoms with Gasteiger partial charge in [0, 0.05) is 24.1 Å². The van der Waals surface area contributed by atoms with Gasteiger partial charge in [-0.3, -0.25) is 9.78 Å². The number of para-hydroxylation sites is 1. The molecule has 1 atom stereocenters. The van der Waals surface area contributed by atoms with E-state index in [0.29, 0.717) is 5.56 Å². The molecule has 0 spiro atoms. The largest absolute Gasteiger partial charge is 0.377 e. The molecule has 0 aliphatic heterocycles. The molecule has 0 aliphatic carbocycles. The highest BCUT2D eigenvalue weighted by Crippen LogP contribution is 2.23. The Morgan fingerprint density at radius 1 is 1.07 bits per heavy atom. The fourth-order valence-corrected chi connectivity index (χ4v) is 3.11. The predicted octanol–water partition coefficient (Wildman–Crippen LogP) is 5.38. The summed E-state index contributed by atoms with van der Waals surface area (Å²) in [5, 5.41) is 6.46. The van der Waals surface area contributed by atoms with Crippen molar-refractivity contribution < 1.29 is 4.79 Å². The van der Waals surface area contributed by atoms with Crippen molar-refractivity contribution >= 4 is 17.3 Å². The third kappa shape index (κ3) is 4.53. The summed E-state index contributed by atoms with van der Waals surface area (Å²) >= 11 is 0. The van der Waals surface area contributed by atoms with Crippen LogP contribution >= 0.6 is 0 Å². The van der Waals surface area contributed by atoms with Crippen molar-refractivity contribution in [2.45, 2.75) is 33.2 Å². The minimum atomic E-state index is -0.150. The van der Waals surface area contributed by atoms with Crippen molar-refractivity contribution in [2.24, 2.45) is 0 Å². The molecule has 2 N–H and O–H groups in total. The number of aryl methyl sites for hydroxylation is 2. The van der Waals surface area contributed by atoms with E-state index < -0.39 is 0 Å². The van der Waals surface area contributed by atoms with Crippen LogP contribution in [-0.2, 0) is 6.42 Å². The molecule has 0 saturated heterocycles. The monoisotopic (exact) mass is 359 g/mol. The first-order chi connectivity index (χ1) is 13.1. The number of nitrogens with one attached hydrogen (secondary N) is 2. The standard InChI is InChI=1S/C23H25N3O/c1-4-18-12-8-9-16(2)22(18)26-23(27)20-13-21(15-24-14-20)25-17(3)19-10-6-5-7-11-19/h5-15,17,25H,4H2,1-3H3,(H,26,27). The Hall–Kier alpha value is -3.14. The summed E-state index contributed by atoms with van der Waals surface area (Å²) in [6, 6.07) is 18.2. The second-order valence-corrected chi connectivity index (χ2v) is 6.66. The highest BCUT2D eigenvalue weighted by Gasteiger charge is 2.12. The van der Waals surface area contributed by atoms with Gasteiger partial charge in [0.2, 0.25) is 0 Å². The number of nitrogens with zero attached hydrogens (tertiary/aromatic N) is 1. The van der Waals surface area contributed by atoms with Crippen LogP contribution in [0.15, 0.2) is 67.0 Å². The molecule has 1 unspecified atom stereocenters. The van der Waals surface area contributed by atoms with E-state index in [1.165, 1.54) is 5.56 Å². The number of carbonyl (C=O) groups excluding carboxylic acids is 1. The number of hydrogen-bond donors (Lipinski definition) is 2. The molecule has 3 rings (SSSR count). The van der Waals surface area contributed by atoms with Gasteiger partial charge in [0.25, 0.3) is 5.91 Å².